The zero-order valence-electron chi connectivity index (χ0n) is 16.6. The van der Waals surface area contributed by atoms with Crippen LogP contribution >= 0.6 is 0 Å². The van der Waals surface area contributed by atoms with Gasteiger partial charge in [0, 0.05) is 38.8 Å². The van der Waals surface area contributed by atoms with Crippen LogP contribution in [0.15, 0.2) is 29.2 Å². The Kier molecular flexibility index (Phi) is 5.90. The third kappa shape index (κ3) is 4.25. The second-order valence-corrected chi connectivity index (χ2v) is 12.3. The third-order valence-electron chi connectivity index (χ3n) is 6.26. The van der Waals surface area contributed by atoms with Crippen LogP contribution in [0.25, 0.3) is 0 Å². The van der Waals surface area contributed by atoms with Crippen LogP contribution in [0.2, 0.25) is 0 Å². The molecule has 0 aromatic heterocycles. The minimum Gasteiger partial charge on any atom is -0.339 e. The minimum atomic E-state index is -3.88. The first kappa shape index (κ1) is 21.7. The molecule has 3 aliphatic heterocycles. The Morgan fingerprint density at radius 2 is 1.67 bits per heavy atom. The van der Waals surface area contributed by atoms with Crippen LogP contribution in [0.5, 0.6) is 0 Å². The highest BCUT2D eigenvalue weighted by atomic mass is 32.2. The first-order valence-electron chi connectivity index (χ1n) is 10.2. The summed E-state index contributed by atoms with van der Waals surface area (Å²) in [5.41, 5.74) is 0. The van der Waals surface area contributed by atoms with Crippen molar-refractivity contribution >= 4 is 25.8 Å². The van der Waals surface area contributed by atoms with Crippen molar-refractivity contribution in [3.05, 3.63) is 30.1 Å². The molecule has 0 saturated carbocycles. The molecule has 11 heteroatoms. The fourth-order valence-corrected chi connectivity index (χ4v) is 8.01. The van der Waals surface area contributed by atoms with Crippen LogP contribution < -0.4 is 0 Å². The van der Waals surface area contributed by atoms with E-state index in [2.05, 4.69) is 4.90 Å². The molecule has 0 unspecified atom stereocenters. The molecule has 30 heavy (non-hydrogen) atoms. The highest BCUT2D eigenvalue weighted by molar-refractivity contribution is 7.91. The molecule has 0 aliphatic carbocycles. The Balaban J connectivity index is 1.41. The van der Waals surface area contributed by atoms with Crippen molar-refractivity contribution in [2.75, 3.05) is 44.2 Å². The van der Waals surface area contributed by atoms with Crippen molar-refractivity contribution in [1.82, 2.24) is 14.1 Å². The van der Waals surface area contributed by atoms with E-state index in [4.69, 9.17) is 0 Å². The first-order valence-corrected chi connectivity index (χ1v) is 13.4. The van der Waals surface area contributed by atoms with E-state index in [0.29, 0.717) is 45.4 Å². The Morgan fingerprint density at radius 1 is 1.00 bits per heavy atom. The Morgan fingerprint density at radius 3 is 2.27 bits per heavy atom. The largest absolute Gasteiger partial charge is 0.339 e. The number of piperazine rings is 1. The van der Waals surface area contributed by atoms with Crippen molar-refractivity contribution in [3.63, 3.8) is 0 Å². The van der Waals surface area contributed by atoms with Crippen molar-refractivity contribution in [2.45, 2.75) is 36.2 Å². The molecule has 3 saturated heterocycles. The summed E-state index contributed by atoms with van der Waals surface area (Å²) in [6, 6.07) is 3.90. The van der Waals surface area contributed by atoms with Gasteiger partial charge in [0.25, 0.3) is 0 Å². The number of rotatable bonds is 4. The molecule has 1 aromatic rings. The molecule has 3 aliphatic rings. The Labute approximate surface area is 176 Å². The SMILES string of the molecule is O=C([C@H]1CCCN1S(=O)(=O)c1ccc(F)cc1)N1CCN([C@@H]2CCS(=O)(=O)C2)CC1. The topological polar surface area (TPSA) is 95.1 Å². The summed E-state index contributed by atoms with van der Waals surface area (Å²) in [4.78, 5) is 16.9. The lowest BCUT2D eigenvalue weighted by molar-refractivity contribution is -0.136. The molecule has 1 aromatic carbocycles. The summed E-state index contributed by atoms with van der Waals surface area (Å²) < 4.78 is 63.9. The fraction of sp³-hybridized carbons (Fsp3) is 0.632. The predicted molar refractivity (Wildman–Crippen MR) is 109 cm³/mol. The summed E-state index contributed by atoms with van der Waals surface area (Å²) in [5, 5.41) is 0. The van der Waals surface area contributed by atoms with Crippen LogP contribution in [0.1, 0.15) is 19.3 Å². The molecule has 0 bridgehead atoms. The van der Waals surface area contributed by atoms with Gasteiger partial charge >= 0.3 is 0 Å². The predicted octanol–water partition coefficient (Wildman–Crippen LogP) is 0.310. The van der Waals surface area contributed by atoms with Crippen LogP contribution in [-0.4, -0.2) is 93.2 Å². The zero-order valence-corrected chi connectivity index (χ0v) is 18.2. The number of sulfonamides is 1. The maximum absolute atomic E-state index is 13.2. The van der Waals surface area contributed by atoms with E-state index in [1.54, 1.807) is 4.90 Å². The average molecular weight is 460 g/mol. The van der Waals surface area contributed by atoms with Gasteiger partial charge in [0.05, 0.1) is 16.4 Å². The summed E-state index contributed by atoms with van der Waals surface area (Å²) in [7, 11) is -6.84. The van der Waals surface area contributed by atoms with Gasteiger partial charge in [-0.25, -0.2) is 21.2 Å². The van der Waals surface area contributed by atoms with Crippen molar-refractivity contribution in [2.24, 2.45) is 0 Å². The lowest BCUT2D eigenvalue weighted by atomic mass is 10.1. The average Bonchev–Trinajstić information content (AvgIpc) is 3.35. The number of hydrogen-bond donors (Lipinski definition) is 0. The van der Waals surface area contributed by atoms with E-state index in [1.165, 1.54) is 16.4 Å². The summed E-state index contributed by atoms with van der Waals surface area (Å²) in [6.07, 6.45) is 1.68. The van der Waals surface area contributed by atoms with Crippen LogP contribution in [0.3, 0.4) is 0 Å². The quantitative estimate of drug-likeness (QED) is 0.643. The second kappa shape index (κ2) is 8.18. The lowest BCUT2D eigenvalue weighted by Gasteiger charge is -2.39. The number of carbonyl (C=O) groups is 1. The molecular formula is C19H26FN3O5S2. The van der Waals surface area contributed by atoms with E-state index < -0.39 is 31.7 Å². The molecule has 1 amide bonds. The van der Waals surface area contributed by atoms with E-state index >= 15 is 0 Å². The van der Waals surface area contributed by atoms with Gasteiger partial charge in [-0.15, -0.1) is 0 Å². The van der Waals surface area contributed by atoms with E-state index in [1.807, 2.05) is 0 Å². The summed E-state index contributed by atoms with van der Waals surface area (Å²) >= 11 is 0. The number of carbonyl (C=O) groups excluding carboxylic acids is 1. The van der Waals surface area contributed by atoms with Crippen LogP contribution in [0, 0.1) is 5.82 Å². The summed E-state index contributed by atoms with van der Waals surface area (Å²) in [6.45, 7) is 2.34. The number of halogens is 1. The number of nitrogens with zero attached hydrogens (tertiary/aromatic N) is 3. The lowest BCUT2D eigenvalue weighted by Crippen LogP contribution is -2.56. The first-order chi connectivity index (χ1) is 14.2. The second-order valence-electron chi connectivity index (χ2n) is 8.15. The molecule has 4 rings (SSSR count). The van der Waals surface area contributed by atoms with Gasteiger partial charge in [-0.3, -0.25) is 9.69 Å². The fourth-order valence-electron chi connectivity index (χ4n) is 4.60. The molecule has 0 N–H and O–H groups in total. The highest BCUT2D eigenvalue weighted by Gasteiger charge is 2.42. The number of sulfone groups is 1. The maximum atomic E-state index is 13.2. The molecule has 8 nitrogen and oxygen atoms in total. The van der Waals surface area contributed by atoms with Gasteiger partial charge < -0.3 is 4.90 Å². The van der Waals surface area contributed by atoms with E-state index in [9.17, 15) is 26.0 Å². The molecule has 0 radical (unpaired) electrons. The van der Waals surface area contributed by atoms with Crippen molar-refractivity contribution < 1.29 is 26.0 Å². The van der Waals surface area contributed by atoms with Gasteiger partial charge in [-0.1, -0.05) is 0 Å². The molecule has 3 heterocycles. The van der Waals surface area contributed by atoms with Gasteiger partial charge in [0.15, 0.2) is 9.84 Å². The monoisotopic (exact) mass is 459 g/mol. The normalized spacial score (nSPS) is 28.1. The van der Waals surface area contributed by atoms with Crippen LogP contribution in [0.4, 0.5) is 4.39 Å². The van der Waals surface area contributed by atoms with Gasteiger partial charge in [0.1, 0.15) is 11.9 Å². The van der Waals surface area contributed by atoms with Gasteiger partial charge in [0.2, 0.25) is 15.9 Å². The Hall–Kier alpha value is -1.56. The van der Waals surface area contributed by atoms with E-state index in [-0.39, 0.29) is 34.9 Å². The maximum Gasteiger partial charge on any atom is 0.243 e. The smallest absolute Gasteiger partial charge is 0.243 e. The number of amides is 1. The standard InChI is InChI=1S/C19H26FN3O5S2/c20-15-3-5-17(6-4-15)30(27,28)23-8-1-2-18(23)19(24)22-11-9-21(10-12-22)16-7-13-29(25,26)14-16/h3-6,16,18H,1-2,7-14H2/t16-,18-/m1/s1. The third-order valence-corrected chi connectivity index (χ3v) is 9.93. The molecule has 3 fully saturated rings. The number of benzene rings is 1. The Bertz CT molecular complexity index is 1010. The minimum absolute atomic E-state index is 0.00841. The van der Waals surface area contributed by atoms with Gasteiger partial charge in [-0.2, -0.15) is 4.31 Å². The van der Waals surface area contributed by atoms with Crippen LogP contribution in [-0.2, 0) is 24.7 Å². The molecule has 166 valence electrons. The molecule has 0 spiro atoms. The zero-order chi connectivity index (χ0) is 21.5. The molecule has 2 atom stereocenters. The van der Waals surface area contributed by atoms with E-state index in [0.717, 1.165) is 12.1 Å². The highest BCUT2D eigenvalue weighted by Crippen LogP contribution is 2.28. The van der Waals surface area contributed by atoms with Gasteiger partial charge in [-0.05, 0) is 43.5 Å². The van der Waals surface area contributed by atoms with Crippen molar-refractivity contribution in [3.8, 4) is 0 Å². The van der Waals surface area contributed by atoms with Crippen molar-refractivity contribution in [1.29, 1.82) is 0 Å². The summed E-state index contributed by atoms with van der Waals surface area (Å²) in [5.74, 6) is -0.338. The number of hydrogen-bond acceptors (Lipinski definition) is 6. The molecular weight excluding hydrogens is 433 g/mol.